The van der Waals surface area contributed by atoms with Gasteiger partial charge >= 0.3 is 0 Å². The van der Waals surface area contributed by atoms with Crippen molar-refractivity contribution < 1.29 is 9.90 Å². The first-order valence-corrected chi connectivity index (χ1v) is 6.25. The molecular formula is C14H22N2O2. The van der Waals surface area contributed by atoms with Crippen LogP contribution in [0.1, 0.15) is 38.9 Å². The fourth-order valence-corrected chi connectivity index (χ4v) is 1.82. The van der Waals surface area contributed by atoms with Crippen molar-refractivity contribution in [2.75, 3.05) is 5.32 Å². The molecule has 2 unspecified atom stereocenters. The van der Waals surface area contributed by atoms with Gasteiger partial charge in [0.1, 0.15) is 0 Å². The van der Waals surface area contributed by atoms with E-state index in [-0.39, 0.29) is 5.91 Å². The van der Waals surface area contributed by atoms with E-state index in [1.807, 2.05) is 26.0 Å². The first kappa shape index (κ1) is 14.7. The smallest absolute Gasteiger partial charge is 0.241 e. The van der Waals surface area contributed by atoms with Crippen LogP contribution in [-0.4, -0.2) is 17.1 Å². The van der Waals surface area contributed by atoms with Crippen molar-refractivity contribution in [2.24, 2.45) is 11.7 Å². The summed E-state index contributed by atoms with van der Waals surface area (Å²) in [5.41, 5.74) is 7.14. The van der Waals surface area contributed by atoms with Gasteiger partial charge in [-0.1, -0.05) is 32.0 Å². The molecule has 0 fully saturated rings. The highest BCUT2D eigenvalue weighted by molar-refractivity contribution is 5.95. The van der Waals surface area contributed by atoms with Crippen LogP contribution in [0.25, 0.3) is 0 Å². The van der Waals surface area contributed by atoms with Gasteiger partial charge in [-0.2, -0.15) is 0 Å². The van der Waals surface area contributed by atoms with Gasteiger partial charge in [0.25, 0.3) is 0 Å². The highest BCUT2D eigenvalue weighted by Gasteiger charge is 2.17. The van der Waals surface area contributed by atoms with E-state index in [1.165, 1.54) is 0 Å². The van der Waals surface area contributed by atoms with E-state index in [0.29, 0.717) is 23.6 Å². The van der Waals surface area contributed by atoms with Gasteiger partial charge in [0.2, 0.25) is 5.91 Å². The van der Waals surface area contributed by atoms with E-state index >= 15 is 0 Å². The van der Waals surface area contributed by atoms with Gasteiger partial charge in [-0.3, -0.25) is 4.79 Å². The van der Waals surface area contributed by atoms with Crippen molar-refractivity contribution in [1.29, 1.82) is 0 Å². The molecule has 1 aromatic carbocycles. The third-order valence-corrected chi connectivity index (χ3v) is 2.73. The van der Waals surface area contributed by atoms with Crippen LogP contribution < -0.4 is 11.1 Å². The summed E-state index contributed by atoms with van der Waals surface area (Å²) in [5.74, 6) is 0.162. The third-order valence-electron chi connectivity index (χ3n) is 2.73. The van der Waals surface area contributed by atoms with Crippen molar-refractivity contribution >= 4 is 11.6 Å². The highest BCUT2D eigenvalue weighted by Crippen LogP contribution is 2.22. The number of nitrogens with two attached hydrogens (primary N) is 1. The number of anilines is 1. The number of carbonyl (C=O) groups excluding carboxylic acids is 1. The van der Waals surface area contributed by atoms with Gasteiger partial charge in [-0.15, -0.1) is 0 Å². The van der Waals surface area contributed by atoms with Crippen molar-refractivity contribution in [3.8, 4) is 0 Å². The maximum Gasteiger partial charge on any atom is 0.241 e. The van der Waals surface area contributed by atoms with Gasteiger partial charge in [0, 0.05) is 11.3 Å². The van der Waals surface area contributed by atoms with E-state index < -0.39 is 12.1 Å². The van der Waals surface area contributed by atoms with Crippen LogP contribution in [0.3, 0.4) is 0 Å². The lowest BCUT2D eigenvalue weighted by Crippen LogP contribution is -2.36. The number of para-hydroxylation sites is 1. The average Bonchev–Trinajstić information content (AvgIpc) is 2.28. The van der Waals surface area contributed by atoms with Crippen LogP contribution in [0, 0.1) is 5.92 Å². The third kappa shape index (κ3) is 4.13. The lowest BCUT2D eigenvalue weighted by atomic mass is 10.0. The molecule has 0 aromatic heterocycles. The molecule has 1 rings (SSSR count). The summed E-state index contributed by atoms with van der Waals surface area (Å²) in [6.07, 6.45) is 0.0192. The molecule has 1 amide bonds. The topological polar surface area (TPSA) is 75.4 Å². The molecule has 0 radical (unpaired) electrons. The van der Waals surface area contributed by atoms with E-state index in [2.05, 4.69) is 5.32 Å². The monoisotopic (exact) mass is 250 g/mol. The SMILES string of the molecule is CC(C)CC(N)C(=O)Nc1ccccc1C(C)O. The Balaban J connectivity index is 2.75. The predicted octanol–water partition coefficient (Wildman–Crippen LogP) is 2.05. The van der Waals surface area contributed by atoms with Gasteiger partial charge in [0.15, 0.2) is 0 Å². The van der Waals surface area contributed by atoms with E-state index in [0.717, 1.165) is 0 Å². The Kier molecular flexibility index (Phi) is 5.31. The molecule has 2 atom stereocenters. The second kappa shape index (κ2) is 6.52. The summed E-state index contributed by atoms with van der Waals surface area (Å²) < 4.78 is 0. The number of nitrogens with one attached hydrogen (secondary N) is 1. The van der Waals surface area contributed by atoms with Gasteiger partial charge < -0.3 is 16.2 Å². The standard InChI is InChI=1S/C14H22N2O2/c1-9(2)8-12(15)14(18)16-13-7-5-4-6-11(13)10(3)17/h4-7,9-10,12,17H,8,15H2,1-3H3,(H,16,18). The van der Waals surface area contributed by atoms with Crippen LogP contribution in [0.15, 0.2) is 24.3 Å². The molecule has 4 heteroatoms. The average molecular weight is 250 g/mol. The molecule has 100 valence electrons. The summed E-state index contributed by atoms with van der Waals surface area (Å²) in [7, 11) is 0. The Morgan fingerprint density at radius 1 is 1.33 bits per heavy atom. The Bertz CT molecular complexity index is 403. The fraction of sp³-hybridized carbons (Fsp3) is 0.500. The zero-order valence-corrected chi connectivity index (χ0v) is 11.2. The maximum atomic E-state index is 11.9. The molecule has 0 spiro atoms. The molecule has 1 aromatic rings. The molecule has 18 heavy (non-hydrogen) atoms. The number of aliphatic hydroxyl groups is 1. The predicted molar refractivity (Wildman–Crippen MR) is 73.1 cm³/mol. The number of benzene rings is 1. The molecule has 0 aliphatic rings. The van der Waals surface area contributed by atoms with Gasteiger partial charge in [-0.05, 0) is 25.3 Å². The summed E-state index contributed by atoms with van der Waals surface area (Å²) in [4.78, 5) is 11.9. The quantitative estimate of drug-likeness (QED) is 0.748. The fourth-order valence-electron chi connectivity index (χ4n) is 1.82. The van der Waals surface area contributed by atoms with Crippen LogP contribution in [0.2, 0.25) is 0 Å². The minimum atomic E-state index is -0.622. The molecule has 0 heterocycles. The van der Waals surface area contributed by atoms with Crippen LogP contribution in [0.4, 0.5) is 5.69 Å². The molecule has 0 saturated heterocycles. The van der Waals surface area contributed by atoms with Gasteiger partial charge in [0.05, 0.1) is 12.1 Å². The summed E-state index contributed by atoms with van der Waals surface area (Å²) in [6.45, 7) is 5.72. The number of rotatable bonds is 5. The molecule has 4 nitrogen and oxygen atoms in total. The van der Waals surface area contributed by atoms with Crippen LogP contribution in [0.5, 0.6) is 0 Å². The van der Waals surface area contributed by atoms with Crippen molar-refractivity contribution in [3.05, 3.63) is 29.8 Å². The van der Waals surface area contributed by atoms with Crippen molar-refractivity contribution in [2.45, 2.75) is 39.3 Å². The first-order chi connectivity index (χ1) is 8.41. The number of aliphatic hydroxyl groups excluding tert-OH is 1. The Hall–Kier alpha value is -1.39. The van der Waals surface area contributed by atoms with Gasteiger partial charge in [-0.25, -0.2) is 0 Å². The minimum absolute atomic E-state index is 0.211. The maximum absolute atomic E-state index is 11.9. The number of hydrogen-bond donors (Lipinski definition) is 3. The van der Waals surface area contributed by atoms with E-state index in [1.54, 1.807) is 19.1 Å². The number of hydrogen-bond acceptors (Lipinski definition) is 3. The van der Waals surface area contributed by atoms with Crippen LogP contribution >= 0.6 is 0 Å². The Morgan fingerprint density at radius 3 is 2.50 bits per heavy atom. The first-order valence-electron chi connectivity index (χ1n) is 6.25. The Morgan fingerprint density at radius 2 is 1.94 bits per heavy atom. The second-order valence-corrected chi connectivity index (χ2v) is 4.99. The summed E-state index contributed by atoms with van der Waals surface area (Å²) in [6, 6.07) is 6.67. The lowest BCUT2D eigenvalue weighted by Gasteiger charge is -2.17. The number of amides is 1. The zero-order chi connectivity index (χ0) is 13.7. The molecular weight excluding hydrogens is 228 g/mol. The molecule has 0 bridgehead atoms. The molecule has 0 aliphatic carbocycles. The normalized spacial score (nSPS) is 14.3. The van der Waals surface area contributed by atoms with E-state index in [4.69, 9.17) is 5.73 Å². The number of carbonyl (C=O) groups is 1. The molecule has 0 saturated carbocycles. The zero-order valence-electron chi connectivity index (χ0n) is 11.2. The second-order valence-electron chi connectivity index (χ2n) is 4.99. The highest BCUT2D eigenvalue weighted by atomic mass is 16.3. The van der Waals surface area contributed by atoms with Crippen LogP contribution in [-0.2, 0) is 4.79 Å². The Labute approximate surface area is 108 Å². The molecule has 0 aliphatic heterocycles. The molecule has 4 N–H and O–H groups in total. The largest absolute Gasteiger partial charge is 0.389 e. The minimum Gasteiger partial charge on any atom is -0.389 e. The van der Waals surface area contributed by atoms with E-state index in [9.17, 15) is 9.90 Å². The summed E-state index contributed by atoms with van der Waals surface area (Å²) >= 11 is 0. The van der Waals surface area contributed by atoms with Crippen molar-refractivity contribution in [3.63, 3.8) is 0 Å². The van der Waals surface area contributed by atoms with Crippen molar-refractivity contribution in [1.82, 2.24) is 0 Å². The summed E-state index contributed by atoms with van der Waals surface area (Å²) in [5, 5.41) is 12.4. The lowest BCUT2D eigenvalue weighted by molar-refractivity contribution is -0.117.